The zero-order chi connectivity index (χ0) is 17.9. The fraction of sp³-hybridized carbons (Fsp3) is 0.375. The van der Waals surface area contributed by atoms with Gasteiger partial charge in [-0.3, -0.25) is 4.79 Å². The van der Waals surface area contributed by atoms with E-state index < -0.39 is 23.4 Å². The van der Waals surface area contributed by atoms with E-state index in [0.29, 0.717) is 17.2 Å². The van der Waals surface area contributed by atoms with Gasteiger partial charge in [0.25, 0.3) is 5.91 Å². The van der Waals surface area contributed by atoms with E-state index in [-0.39, 0.29) is 12.4 Å². The van der Waals surface area contributed by atoms with Gasteiger partial charge in [-0.1, -0.05) is 34.5 Å². The lowest BCUT2D eigenvalue weighted by Crippen LogP contribution is -2.42. The Morgan fingerprint density at radius 3 is 2.40 bits per heavy atom. The molecule has 3 amide bonds. The highest BCUT2D eigenvalue weighted by molar-refractivity contribution is 6.06. The third kappa shape index (κ3) is 3.74. The molecule has 1 saturated heterocycles. The highest BCUT2D eigenvalue weighted by Crippen LogP contribution is 2.36. The van der Waals surface area contributed by atoms with Crippen LogP contribution < -0.4 is 0 Å². The van der Waals surface area contributed by atoms with Gasteiger partial charge in [-0.25, -0.2) is 9.59 Å². The minimum absolute atomic E-state index is 0. The van der Waals surface area contributed by atoms with E-state index >= 15 is 0 Å². The molecule has 2 rings (SSSR count). The van der Waals surface area contributed by atoms with Crippen molar-refractivity contribution >= 4 is 36.5 Å². The molecule has 1 aliphatic rings. The van der Waals surface area contributed by atoms with Gasteiger partial charge in [0, 0.05) is 14.0 Å². The Morgan fingerprint density at radius 1 is 1.28 bits per heavy atom. The monoisotopic (exact) mass is 369 g/mol. The summed E-state index contributed by atoms with van der Waals surface area (Å²) in [6.07, 6.45) is 1.55. The minimum atomic E-state index is -1.26. The third-order valence-electron chi connectivity index (χ3n) is 3.83. The molecule has 1 atom stereocenters. The number of likely N-dealkylation sites (N-methyl/N-ethyl adjacent to an activating group) is 1. The Hall–Kier alpha value is -2.61. The fourth-order valence-corrected chi connectivity index (χ4v) is 2.35. The molecule has 8 nitrogen and oxygen atoms in total. The average Bonchev–Trinajstić information content (AvgIpc) is 2.72. The van der Waals surface area contributed by atoms with Crippen molar-refractivity contribution in [2.45, 2.75) is 26.3 Å². The van der Waals surface area contributed by atoms with Crippen LogP contribution in [-0.4, -0.2) is 47.7 Å². The predicted octanol–water partition coefficient (Wildman–Crippen LogP) is 2.07. The molecular formula is C16H20ClN3O5. The lowest BCUT2D eigenvalue weighted by atomic mass is 9.90. The second kappa shape index (κ2) is 7.98. The van der Waals surface area contributed by atoms with Gasteiger partial charge in [-0.05, 0) is 25.0 Å². The Labute approximate surface area is 151 Å². The van der Waals surface area contributed by atoms with Crippen LogP contribution in [-0.2, 0) is 24.8 Å². The highest BCUT2D eigenvalue weighted by atomic mass is 35.5. The largest absolute Gasteiger partial charge is 0.396 e. The van der Waals surface area contributed by atoms with Crippen LogP contribution in [0.2, 0.25) is 0 Å². The first-order valence-corrected chi connectivity index (χ1v) is 7.39. The molecule has 0 unspecified atom stereocenters. The first-order chi connectivity index (χ1) is 11.3. The SMILES string of the molecule is CCON=Cc1ccc([C@@]2(C)C(=O)N(OC(C)=O)C(=O)N2C)cc1.Cl. The van der Waals surface area contributed by atoms with Gasteiger partial charge in [-0.2, -0.15) is 0 Å². The number of amides is 3. The average molecular weight is 370 g/mol. The molecule has 25 heavy (non-hydrogen) atoms. The highest BCUT2D eigenvalue weighted by Gasteiger charge is 2.55. The quantitative estimate of drug-likeness (QED) is 0.450. The normalized spacial score (nSPS) is 20.0. The number of benzene rings is 1. The van der Waals surface area contributed by atoms with Crippen LogP contribution in [0, 0.1) is 0 Å². The van der Waals surface area contributed by atoms with Crippen molar-refractivity contribution in [2.75, 3.05) is 13.7 Å². The van der Waals surface area contributed by atoms with E-state index in [4.69, 9.17) is 9.68 Å². The van der Waals surface area contributed by atoms with Gasteiger partial charge in [0.05, 0.1) is 6.21 Å². The summed E-state index contributed by atoms with van der Waals surface area (Å²) in [5, 5.41) is 4.26. The Balaban J connectivity index is 0.00000312. The predicted molar refractivity (Wildman–Crippen MR) is 92.0 cm³/mol. The fourth-order valence-electron chi connectivity index (χ4n) is 2.35. The van der Waals surface area contributed by atoms with Crippen molar-refractivity contribution in [1.29, 1.82) is 0 Å². The number of oxime groups is 1. The maximum atomic E-state index is 12.6. The number of hydroxylamine groups is 2. The lowest BCUT2D eigenvalue weighted by molar-refractivity contribution is -0.182. The van der Waals surface area contributed by atoms with E-state index in [0.717, 1.165) is 12.5 Å². The van der Waals surface area contributed by atoms with Crippen molar-refractivity contribution in [3.8, 4) is 0 Å². The summed E-state index contributed by atoms with van der Waals surface area (Å²) < 4.78 is 0. The molecule has 0 N–H and O–H groups in total. The molecule has 0 saturated carbocycles. The van der Waals surface area contributed by atoms with E-state index in [1.165, 1.54) is 11.9 Å². The number of carbonyl (C=O) groups is 3. The molecule has 1 heterocycles. The van der Waals surface area contributed by atoms with Crippen LogP contribution >= 0.6 is 12.4 Å². The number of nitrogens with zero attached hydrogens (tertiary/aromatic N) is 3. The standard InChI is InChI=1S/C16H19N3O5.ClH/c1-5-23-17-10-12-6-8-13(9-7-12)16(3)14(21)19(24-11(2)20)15(22)18(16)4;/h6-10H,5H2,1-4H3;1H/t16-;/m0./s1. The number of rotatable bonds is 5. The van der Waals surface area contributed by atoms with Crippen molar-refractivity contribution < 1.29 is 24.1 Å². The van der Waals surface area contributed by atoms with Gasteiger partial charge in [0.2, 0.25) is 0 Å². The molecule has 0 aromatic heterocycles. The van der Waals surface area contributed by atoms with Gasteiger partial charge >= 0.3 is 12.0 Å². The molecule has 0 bridgehead atoms. The molecule has 1 aromatic carbocycles. The van der Waals surface area contributed by atoms with Crippen LogP contribution in [0.4, 0.5) is 4.79 Å². The molecule has 1 aromatic rings. The Bertz CT molecular complexity index is 692. The summed E-state index contributed by atoms with van der Waals surface area (Å²) in [5.41, 5.74) is 0.112. The van der Waals surface area contributed by atoms with Crippen LogP contribution in [0.25, 0.3) is 0 Å². The van der Waals surface area contributed by atoms with Crippen LogP contribution in [0.15, 0.2) is 29.4 Å². The maximum Gasteiger partial charge on any atom is 0.361 e. The number of hydrogen-bond donors (Lipinski definition) is 0. The smallest absolute Gasteiger partial charge is 0.361 e. The molecular weight excluding hydrogens is 350 g/mol. The van der Waals surface area contributed by atoms with E-state index in [1.807, 2.05) is 6.92 Å². The van der Waals surface area contributed by atoms with Crippen molar-refractivity contribution in [3.63, 3.8) is 0 Å². The number of halogens is 1. The summed E-state index contributed by atoms with van der Waals surface area (Å²) >= 11 is 0. The van der Waals surface area contributed by atoms with Crippen molar-refractivity contribution in [2.24, 2.45) is 5.16 Å². The molecule has 0 spiro atoms. The first kappa shape index (κ1) is 20.4. The summed E-state index contributed by atoms with van der Waals surface area (Å²) in [4.78, 5) is 46.8. The Kier molecular flexibility index (Phi) is 6.52. The molecule has 9 heteroatoms. The van der Waals surface area contributed by atoms with Crippen LogP contribution in [0.3, 0.4) is 0 Å². The minimum Gasteiger partial charge on any atom is -0.396 e. The van der Waals surface area contributed by atoms with Gasteiger partial charge in [-0.15, -0.1) is 12.4 Å². The topological polar surface area (TPSA) is 88.5 Å². The van der Waals surface area contributed by atoms with E-state index in [1.54, 1.807) is 37.4 Å². The molecule has 136 valence electrons. The van der Waals surface area contributed by atoms with E-state index in [2.05, 4.69) is 5.16 Å². The molecule has 1 fully saturated rings. The lowest BCUT2D eigenvalue weighted by Gasteiger charge is -2.28. The van der Waals surface area contributed by atoms with Crippen molar-refractivity contribution in [3.05, 3.63) is 35.4 Å². The van der Waals surface area contributed by atoms with Crippen LogP contribution in [0.1, 0.15) is 31.9 Å². The van der Waals surface area contributed by atoms with Gasteiger partial charge < -0.3 is 14.6 Å². The number of urea groups is 1. The molecule has 1 aliphatic heterocycles. The summed E-state index contributed by atoms with van der Waals surface area (Å²) in [5.74, 6) is -1.36. The second-order valence-corrected chi connectivity index (χ2v) is 5.37. The zero-order valence-corrected chi connectivity index (χ0v) is 15.2. The maximum absolute atomic E-state index is 12.6. The Morgan fingerprint density at radius 2 is 1.88 bits per heavy atom. The number of carbonyl (C=O) groups excluding carboxylic acids is 3. The summed E-state index contributed by atoms with van der Waals surface area (Å²) in [6.45, 7) is 5.03. The number of imide groups is 1. The third-order valence-corrected chi connectivity index (χ3v) is 3.83. The van der Waals surface area contributed by atoms with Crippen molar-refractivity contribution in [1.82, 2.24) is 9.96 Å². The first-order valence-electron chi connectivity index (χ1n) is 7.39. The molecule has 0 radical (unpaired) electrons. The molecule has 0 aliphatic carbocycles. The number of hydrogen-bond acceptors (Lipinski definition) is 6. The van der Waals surface area contributed by atoms with Crippen LogP contribution in [0.5, 0.6) is 0 Å². The van der Waals surface area contributed by atoms with Gasteiger partial charge in [0.15, 0.2) is 0 Å². The van der Waals surface area contributed by atoms with E-state index in [9.17, 15) is 14.4 Å². The summed E-state index contributed by atoms with van der Waals surface area (Å²) in [6, 6.07) is 6.24. The summed E-state index contributed by atoms with van der Waals surface area (Å²) in [7, 11) is 1.48. The zero-order valence-electron chi connectivity index (χ0n) is 14.4. The van der Waals surface area contributed by atoms with Gasteiger partial charge in [0.1, 0.15) is 12.1 Å². The second-order valence-electron chi connectivity index (χ2n) is 5.37.